The molecule has 1 aliphatic carbocycles. The topological polar surface area (TPSA) is 96.5 Å². The zero-order valence-electron chi connectivity index (χ0n) is 11.9. The van der Waals surface area contributed by atoms with Crippen molar-refractivity contribution in [3.05, 3.63) is 12.4 Å². The molecule has 2 heterocycles. The number of hydrogen-bond donors (Lipinski definition) is 1. The molecule has 8 nitrogen and oxygen atoms in total. The average Bonchev–Trinajstić information content (AvgIpc) is 2.95. The van der Waals surface area contributed by atoms with Crippen molar-refractivity contribution in [2.75, 3.05) is 11.9 Å². The maximum absolute atomic E-state index is 11.3. The molecule has 1 N–H and O–H groups in total. The number of rotatable bonds is 4. The van der Waals surface area contributed by atoms with E-state index in [-0.39, 0.29) is 6.42 Å². The fourth-order valence-electron chi connectivity index (χ4n) is 3.26. The quantitative estimate of drug-likeness (QED) is 0.901. The summed E-state index contributed by atoms with van der Waals surface area (Å²) >= 11 is 0. The van der Waals surface area contributed by atoms with E-state index in [1.54, 1.807) is 16.9 Å². The molecule has 0 bridgehead atoms. The molecule has 1 fully saturated rings. The zero-order chi connectivity index (χ0) is 14.9. The minimum absolute atomic E-state index is 0.113. The predicted molar refractivity (Wildman–Crippen MR) is 75.0 cm³/mol. The van der Waals surface area contributed by atoms with Gasteiger partial charge >= 0.3 is 5.97 Å². The van der Waals surface area contributed by atoms with Crippen molar-refractivity contribution in [3.8, 4) is 0 Å². The molecule has 1 saturated carbocycles. The molecule has 0 radical (unpaired) electrons. The van der Waals surface area contributed by atoms with E-state index in [0.29, 0.717) is 5.65 Å². The van der Waals surface area contributed by atoms with Crippen LogP contribution in [-0.4, -0.2) is 48.7 Å². The van der Waals surface area contributed by atoms with Crippen LogP contribution in [0.25, 0.3) is 5.65 Å². The Balaban J connectivity index is 2.02. The summed E-state index contributed by atoms with van der Waals surface area (Å²) in [6, 6.07) is 0. The Bertz CT molecular complexity index is 649. The first-order valence-corrected chi connectivity index (χ1v) is 7.10. The maximum Gasteiger partial charge on any atom is 0.305 e. The minimum Gasteiger partial charge on any atom is -0.481 e. The van der Waals surface area contributed by atoms with Gasteiger partial charge in [0, 0.05) is 7.05 Å². The molecule has 8 heteroatoms. The third-order valence-electron chi connectivity index (χ3n) is 4.41. The van der Waals surface area contributed by atoms with E-state index < -0.39 is 11.5 Å². The first-order chi connectivity index (χ1) is 10.1. The molecule has 2 aromatic heterocycles. The average molecular weight is 290 g/mol. The smallest absolute Gasteiger partial charge is 0.305 e. The van der Waals surface area contributed by atoms with Crippen LogP contribution in [-0.2, 0) is 4.79 Å². The van der Waals surface area contributed by atoms with Gasteiger partial charge in [0.1, 0.15) is 0 Å². The highest BCUT2D eigenvalue weighted by Gasteiger charge is 2.39. The first kappa shape index (κ1) is 13.7. The fraction of sp³-hybridized carbons (Fsp3) is 0.615. The van der Waals surface area contributed by atoms with Gasteiger partial charge < -0.3 is 10.0 Å². The lowest BCUT2D eigenvalue weighted by molar-refractivity contribution is -0.138. The number of fused-ring (bicyclic) bond motifs is 1. The monoisotopic (exact) mass is 290 g/mol. The van der Waals surface area contributed by atoms with Crippen LogP contribution in [0.1, 0.15) is 38.5 Å². The SMILES string of the molecule is CN(c1cncc2nnnn12)C1(CC(=O)O)CCCCC1. The van der Waals surface area contributed by atoms with Crippen LogP contribution in [0.2, 0.25) is 0 Å². The number of aromatic nitrogens is 5. The van der Waals surface area contributed by atoms with Gasteiger partial charge in [-0.2, -0.15) is 4.52 Å². The number of carboxylic acid groups (broad SMARTS) is 1. The summed E-state index contributed by atoms with van der Waals surface area (Å²) in [6.45, 7) is 0. The van der Waals surface area contributed by atoms with Crippen LogP contribution in [0.15, 0.2) is 12.4 Å². The van der Waals surface area contributed by atoms with E-state index in [4.69, 9.17) is 0 Å². The molecule has 0 amide bonds. The lowest BCUT2D eigenvalue weighted by Gasteiger charge is -2.44. The molecule has 0 unspecified atom stereocenters. The largest absolute Gasteiger partial charge is 0.481 e. The molecular weight excluding hydrogens is 272 g/mol. The van der Waals surface area contributed by atoms with Gasteiger partial charge in [0.05, 0.1) is 24.4 Å². The second-order valence-corrected chi connectivity index (χ2v) is 5.63. The molecule has 0 saturated heterocycles. The van der Waals surface area contributed by atoms with Crippen molar-refractivity contribution >= 4 is 17.4 Å². The van der Waals surface area contributed by atoms with E-state index in [9.17, 15) is 9.90 Å². The second kappa shape index (κ2) is 5.27. The molecule has 112 valence electrons. The number of tetrazole rings is 1. The fourth-order valence-corrected chi connectivity index (χ4v) is 3.26. The lowest BCUT2D eigenvalue weighted by atomic mass is 9.78. The number of anilines is 1. The Morgan fingerprint density at radius 1 is 1.38 bits per heavy atom. The van der Waals surface area contributed by atoms with Crippen LogP contribution in [0.4, 0.5) is 5.82 Å². The molecule has 0 aromatic carbocycles. The number of aliphatic carboxylic acids is 1. The predicted octanol–water partition coefficient (Wildman–Crippen LogP) is 1.13. The van der Waals surface area contributed by atoms with E-state index in [1.165, 1.54) is 0 Å². The molecular formula is C13H18N6O2. The summed E-state index contributed by atoms with van der Waals surface area (Å²) in [5.41, 5.74) is 0.159. The van der Waals surface area contributed by atoms with Crippen molar-refractivity contribution in [3.63, 3.8) is 0 Å². The van der Waals surface area contributed by atoms with Gasteiger partial charge in [-0.1, -0.05) is 19.3 Å². The van der Waals surface area contributed by atoms with Gasteiger partial charge in [0.25, 0.3) is 0 Å². The first-order valence-electron chi connectivity index (χ1n) is 7.10. The Labute approximate surface area is 121 Å². The van der Waals surface area contributed by atoms with Gasteiger partial charge in [-0.25, -0.2) is 0 Å². The van der Waals surface area contributed by atoms with Crippen LogP contribution in [0.3, 0.4) is 0 Å². The lowest BCUT2D eigenvalue weighted by Crippen LogP contribution is -2.50. The summed E-state index contributed by atoms with van der Waals surface area (Å²) in [5, 5.41) is 20.8. The third kappa shape index (κ3) is 2.41. The van der Waals surface area contributed by atoms with Crippen LogP contribution >= 0.6 is 0 Å². The number of hydrogen-bond acceptors (Lipinski definition) is 6. The van der Waals surface area contributed by atoms with Gasteiger partial charge in [-0.05, 0) is 23.3 Å². The Kier molecular flexibility index (Phi) is 3.44. The normalized spacial score (nSPS) is 17.8. The number of carbonyl (C=O) groups is 1. The Hall–Kier alpha value is -2.25. The van der Waals surface area contributed by atoms with E-state index in [1.807, 2.05) is 11.9 Å². The van der Waals surface area contributed by atoms with Crippen LogP contribution in [0.5, 0.6) is 0 Å². The highest BCUT2D eigenvalue weighted by molar-refractivity contribution is 5.69. The molecule has 1 aliphatic rings. The number of carboxylic acids is 1. The molecule has 0 aliphatic heterocycles. The number of nitrogens with zero attached hydrogens (tertiary/aromatic N) is 6. The Morgan fingerprint density at radius 3 is 2.86 bits per heavy atom. The van der Waals surface area contributed by atoms with Crippen molar-refractivity contribution < 1.29 is 9.90 Å². The van der Waals surface area contributed by atoms with Crippen molar-refractivity contribution in [1.82, 2.24) is 25.0 Å². The van der Waals surface area contributed by atoms with Crippen molar-refractivity contribution in [2.45, 2.75) is 44.1 Å². The highest BCUT2D eigenvalue weighted by Crippen LogP contribution is 2.38. The summed E-state index contributed by atoms with van der Waals surface area (Å²) < 4.78 is 1.60. The van der Waals surface area contributed by atoms with Gasteiger partial charge in [0.15, 0.2) is 11.5 Å². The molecule has 21 heavy (non-hydrogen) atoms. The molecule has 2 aromatic rings. The summed E-state index contributed by atoms with van der Waals surface area (Å²) in [7, 11) is 1.91. The van der Waals surface area contributed by atoms with Gasteiger partial charge in [-0.15, -0.1) is 5.10 Å². The highest BCUT2D eigenvalue weighted by atomic mass is 16.4. The van der Waals surface area contributed by atoms with Crippen LogP contribution < -0.4 is 4.90 Å². The summed E-state index contributed by atoms with van der Waals surface area (Å²) in [4.78, 5) is 17.5. The summed E-state index contributed by atoms with van der Waals surface area (Å²) in [5.74, 6) is -0.0544. The van der Waals surface area contributed by atoms with E-state index in [2.05, 4.69) is 20.5 Å². The van der Waals surface area contributed by atoms with Crippen molar-refractivity contribution in [2.24, 2.45) is 0 Å². The standard InChI is InChI=1S/C13H18N6O2/c1-18(11-9-14-8-10-15-16-17-19(10)11)13(7-12(20)21)5-3-2-4-6-13/h8-9H,2-7H2,1H3,(H,20,21). The molecule has 3 rings (SSSR count). The van der Waals surface area contributed by atoms with E-state index >= 15 is 0 Å². The maximum atomic E-state index is 11.3. The summed E-state index contributed by atoms with van der Waals surface area (Å²) in [6.07, 6.45) is 8.32. The molecule has 0 atom stereocenters. The third-order valence-corrected chi connectivity index (χ3v) is 4.41. The van der Waals surface area contributed by atoms with Gasteiger partial charge in [-0.3, -0.25) is 9.78 Å². The second-order valence-electron chi connectivity index (χ2n) is 5.63. The Morgan fingerprint density at radius 2 is 2.14 bits per heavy atom. The van der Waals surface area contributed by atoms with Crippen LogP contribution in [0, 0.1) is 0 Å². The molecule has 0 spiro atoms. The zero-order valence-corrected chi connectivity index (χ0v) is 11.9. The van der Waals surface area contributed by atoms with E-state index in [0.717, 1.165) is 37.9 Å². The minimum atomic E-state index is -0.777. The van der Waals surface area contributed by atoms with Crippen molar-refractivity contribution in [1.29, 1.82) is 0 Å². The van der Waals surface area contributed by atoms with Gasteiger partial charge in [0.2, 0.25) is 0 Å².